The molecule has 0 fully saturated rings. The molecule has 9 heteroatoms. The van der Waals surface area contributed by atoms with Crippen LogP contribution in [0.3, 0.4) is 0 Å². The fourth-order valence-corrected chi connectivity index (χ4v) is 1.31. The van der Waals surface area contributed by atoms with Gasteiger partial charge < -0.3 is 15.6 Å². The molecule has 21 heavy (non-hydrogen) atoms. The maximum atomic E-state index is 12.7. The van der Waals surface area contributed by atoms with Crippen molar-refractivity contribution in [2.75, 3.05) is 5.32 Å². The maximum absolute atomic E-state index is 12.7. The number of nitrogens with zero attached hydrogens (tertiary/aromatic N) is 1. The average Bonchev–Trinajstić information content (AvgIpc) is 2.31. The van der Waals surface area contributed by atoms with Gasteiger partial charge in [-0.15, -0.1) is 0 Å². The molecule has 1 aromatic heterocycles. The summed E-state index contributed by atoms with van der Waals surface area (Å²) in [6.07, 6.45) is -3.67. The number of aromatic nitrogens is 1. The van der Waals surface area contributed by atoms with Gasteiger partial charge in [0.05, 0.1) is 5.69 Å². The van der Waals surface area contributed by atoms with Crippen molar-refractivity contribution in [1.29, 1.82) is 0 Å². The van der Waals surface area contributed by atoms with Gasteiger partial charge in [0.25, 0.3) is 5.56 Å². The first kappa shape index (κ1) is 16.7. The van der Waals surface area contributed by atoms with Crippen LogP contribution in [0.25, 0.3) is 0 Å². The quantitative estimate of drug-likeness (QED) is 0.864. The molecule has 0 spiro atoms. The van der Waals surface area contributed by atoms with E-state index in [4.69, 9.17) is 5.73 Å². The topological polar surface area (TPSA) is 94.2 Å². The number of hydrogen-bond acceptors (Lipinski definition) is 3. The third-order valence-electron chi connectivity index (χ3n) is 2.84. The molecule has 1 aromatic rings. The second kappa shape index (κ2) is 5.58. The molecule has 3 N–H and O–H groups in total. The number of carbonyl (C=O) groups excluding carboxylic acids is 2. The summed E-state index contributed by atoms with van der Waals surface area (Å²) >= 11 is 0. The van der Waals surface area contributed by atoms with E-state index in [-0.39, 0.29) is 5.69 Å². The van der Waals surface area contributed by atoms with Crippen LogP contribution < -0.4 is 16.6 Å². The molecule has 0 aromatic carbocycles. The van der Waals surface area contributed by atoms with E-state index in [0.717, 1.165) is 36.7 Å². The highest BCUT2D eigenvalue weighted by atomic mass is 19.4. The molecule has 116 valence electrons. The van der Waals surface area contributed by atoms with Crippen molar-refractivity contribution in [3.63, 3.8) is 0 Å². The van der Waals surface area contributed by atoms with Gasteiger partial charge in [0.1, 0.15) is 12.0 Å². The third kappa shape index (κ3) is 3.83. The SMILES string of the molecule is CC(C)(C(=O)Nc1ccc(=O)n(CC(N)=O)c1)C(F)(F)F. The molecule has 1 heterocycles. The van der Waals surface area contributed by atoms with Gasteiger partial charge in [-0.05, 0) is 19.9 Å². The highest BCUT2D eigenvalue weighted by Gasteiger charge is 2.52. The van der Waals surface area contributed by atoms with Gasteiger partial charge >= 0.3 is 6.18 Å². The van der Waals surface area contributed by atoms with Crippen LogP contribution in [0.4, 0.5) is 18.9 Å². The summed E-state index contributed by atoms with van der Waals surface area (Å²) in [4.78, 5) is 33.9. The Morgan fingerprint density at radius 3 is 2.33 bits per heavy atom. The van der Waals surface area contributed by atoms with Crippen molar-refractivity contribution in [3.8, 4) is 0 Å². The van der Waals surface area contributed by atoms with Crippen LogP contribution in [0.15, 0.2) is 23.1 Å². The predicted molar refractivity (Wildman–Crippen MR) is 68.4 cm³/mol. The Labute approximate surface area is 117 Å². The highest BCUT2D eigenvalue weighted by Crippen LogP contribution is 2.38. The van der Waals surface area contributed by atoms with E-state index < -0.39 is 35.5 Å². The first-order chi connectivity index (χ1) is 9.45. The summed E-state index contributed by atoms with van der Waals surface area (Å²) in [5, 5.41) is 2.06. The highest BCUT2D eigenvalue weighted by molar-refractivity contribution is 5.95. The minimum absolute atomic E-state index is 0.0434. The van der Waals surface area contributed by atoms with E-state index in [1.165, 1.54) is 0 Å². The van der Waals surface area contributed by atoms with Crippen LogP contribution in [0.1, 0.15) is 13.8 Å². The van der Waals surface area contributed by atoms with Gasteiger partial charge in [-0.25, -0.2) is 0 Å². The molecule has 0 aliphatic rings. The molecule has 6 nitrogen and oxygen atoms in total. The number of rotatable bonds is 4. The van der Waals surface area contributed by atoms with Crippen LogP contribution >= 0.6 is 0 Å². The zero-order valence-electron chi connectivity index (χ0n) is 11.3. The van der Waals surface area contributed by atoms with E-state index >= 15 is 0 Å². The molecular weight excluding hydrogens is 291 g/mol. The standard InChI is InChI=1S/C12H14F3N3O3/c1-11(2,12(13,14)15)10(21)17-7-3-4-9(20)18(5-7)6-8(16)19/h3-5H,6H2,1-2H3,(H2,16,19)(H,17,21). The van der Waals surface area contributed by atoms with Crippen molar-refractivity contribution in [1.82, 2.24) is 4.57 Å². The summed E-state index contributed by atoms with van der Waals surface area (Å²) in [6.45, 7) is 1.04. The fourth-order valence-electron chi connectivity index (χ4n) is 1.31. The Bertz CT molecular complexity index is 620. The maximum Gasteiger partial charge on any atom is 0.402 e. The number of primary amides is 1. The largest absolute Gasteiger partial charge is 0.402 e. The van der Waals surface area contributed by atoms with Gasteiger partial charge in [0.15, 0.2) is 0 Å². The monoisotopic (exact) mass is 305 g/mol. The molecule has 0 aliphatic carbocycles. The second-order valence-corrected chi connectivity index (χ2v) is 4.93. The molecular formula is C12H14F3N3O3. The Kier molecular flexibility index (Phi) is 4.45. The smallest absolute Gasteiger partial charge is 0.368 e. The summed E-state index contributed by atoms with van der Waals surface area (Å²) in [7, 11) is 0. The number of anilines is 1. The minimum Gasteiger partial charge on any atom is -0.368 e. The fraction of sp³-hybridized carbons (Fsp3) is 0.417. The zero-order valence-corrected chi connectivity index (χ0v) is 11.3. The number of carbonyl (C=O) groups is 2. The van der Waals surface area contributed by atoms with E-state index in [1.807, 2.05) is 0 Å². The van der Waals surface area contributed by atoms with Crippen molar-refractivity contribution in [2.24, 2.45) is 11.1 Å². The van der Waals surface area contributed by atoms with Gasteiger partial charge in [0.2, 0.25) is 11.8 Å². The average molecular weight is 305 g/mol. The first-order valence-electron chi connectivity index (χ1n) is 5.82. The van der Waals surface area contributed by atoms with E-state index in [1.54, 1.807) is 0 Å². The van der Waals surface area contributed by atoms with E-state index in [9.17, 15) is 27.6 Å². The van der Waals surface area contributed by atoms with Crippen molar-refractivity contribution >= 4 is 17.5 Å². The van der Waals surface area contributed by atoms with Crippen molar-refractivity contribution < 1.29 is 22.8 Å². The summed E-state index contributed by atoms with van der Waals surface area (Å²) in [6, 6.07) is 2.16. The van der Waals surface area contributed by atoms with Crippen LogP contribution in [-0.2, 0) is 16.1 Å². The Morgan fingerprint density at radius 1 is 1.29 bits per heavy atom. The van der Waals surface area contributed by atoms with Crippen LogP contribution in [0.2, 0.25) is 0 Å². The van der Waals surface area contributed by atoms with Gasteiger partial charge in [0, 0.05) is 12.3 Å². The Hall–Kier alpha value is -2.32. The Morgan fingerprint density at radius 2 is 1.86 bits per heavy atom. The van der Waals surface area contributed by atoms with E-state index in [0.29, 0.717) is 0 Å². The summed E-state index contributed by atoms with van der Waals surface area (Å²) in [5.74, 6) is -2.07. The summed E-state index contributed by atoms with van der Waals surface area (Å²) in [5.41, 5.74) is 1.73. The van der Waals surface area contributed by atoms with Gasteiger partial charge in [-0.3, -0.25) is 14.4 Å². The van der Waals surface area contributed by atoms with Crippen LogP contribution in [0.5, 0.6) is 0 Å². The van der Waals surface area contributed by atoms with Crippen molar-refractivity contribution in [2.45, 2.75) is 26.6 Å². The second-order valence-electron chi connectivity index (χ2n) is 4.93. The lowest BCUT2D eigenvalue weighted by molar-refractivity contribution is -0.208. The number of nitrogens with two attached hydrogens (primary N) is 1. The molecule has 0 unspecified atom stereocenters. The van der Waals surface area contributed by atoms with Crippen LogP contribution in [0, 0.1) is 5.41 Å². The number of halogens is 3. The minimum atomic E-state index is -4.72. The van der Waals surface area contributed by atoms with E-state index in [2.05, 4.69) is 5.32 Å². The number of amides is 2. The molecule has 1 rings (SSSR count). The third-order valence-corrected chi connectivity index (χ3v) is 2.84. The molecule has 0 saturated carbocycles. The molecule has 0 atom stereocenters. The number of alkyl halides is 3. The number of pyridine rings is 1. The van der Waals surface area contributed by atoms with Crippen molar-refractivity contribution in [3.05, 3.63) is 28.7 Å². The van der Waals surface area contributed by atoms with Gasteiger partial charge in [-0.2, -0.15) is 13.2 Å². The molecule has 0 aliphatic heterocycles. The zero-order chi connectivity index (χ0) is 16.4. The molecule has 0 radical (unpaired) electrons. The van der Waals surface area contributed by atoms with Gasteiger partial charge in [-0.1, -0.05) is 0 Å². The molecule has 2 amide bonds. The number of hydrogen-bond donors (Lipinski definition) is 2. The summed E-state index contributed by atoms with van der Waals surface area (Å²) < 4.78 is 39.1. The first-order valence-corrected chi connectivity index (χ1v) is 5.82. The lowest BCUT2D eigenvalue weighted by Gasteiger charge is -2.26. The predicted octanol–water partition coefficient (Wildman–Crippen LogP) is 0.861. The Balaban J connectivity index is 3.02. The van der Waals surface area contributed by atoms with Crippen LogP contribution in [-0.4, -0.2) is 22.6 Å². The molecule has 0 saturated heterocycles. The lowest BCUT2D eigenvalue weighted by Crippen LogP contribution is -2.43. The molecule has 0 bridgehead atoms. The normalized spacial score (nSPS) is 12.0. The number of nitrogens with one attached hydrogen (secondary N) is 1. The lowest BCUT2D eigenvalue weighted by atomic mass is 9.91.